The molecule has 0 bridgehead atoms. The molecule has 770 valence electrons. The Hall–Kier alpha value is -7.87. The molecule has 0 saturated carbocycles. The van der Waals surface area contributed by atoms with Crippen LogP contribution in [0, 0.1) is 0 Å². The van der Waals surface area contributed by atoms with E-state index in [0.717, 1.165) is 34.1 Å². The van der Waals surface area contributed by atoms with Gasteiger partial charge in [-0.15, -0.1) is 0 Å². The number of rotatable bonds is 36. The molecule has 2 unspecified atom stereocenters. The minimum Gasteiger partial charge on any atom is -0.443 e. The maximum Gasteiger partial charge on any atom is 0.490 e. The van der Waals surface area contributed by atoms with Crippen LogP contribution in [-0.2, 0) is 103 Å². The monoisotopic (exact) mass is 2120 g/mol. The van der Waals surface area contributed by atoms with Gasteiger partial charge >= 0.3 is 52.3 Å². The Bertz CT molecular complexity index is 5820. The van der Waals surface area contributed by atoms with E-state index in [1.165, 1.54) is 32.3 Å². The lowest BCUT2D eigenvalue weighted by Crippen LogP contribution is -2.47. The number of phosphoric ester groups is 1. The fourth-order valence-corrected chi connectivity index (χ4v) is 21.4. The van der Waals surface area contributed by atoms with Crippen molar-refractivity contribution in [1.82, 2.24) is 37.8 Å². The summed E-state index contributed by atoms with van der Waals surface area (Å²) in [6.45, 7) is 41.5. The molecule has 4 saturated heterocycles. The van der Waals surface area contributed by atoms with Crippen LogP contribution in [0.25, 0.3) is 18.2 Å². The van der Waals surface area contributed by atoms with Gasteiger partial charge in [-0.25, -0.2) is 37.7 Å². The maximum atomic E-state index is 13.2. The van der Waals surface area contributed by atoms with Gasteiger partial charge in [0.25, 0.3) is 22.2 Å². The van der Waals surface area contributed by atoms with Gasteiger partial charge in [0.15, 0.2) is 25.0 Å². The minimum atomic E-state index is -5.72. The van der Waals surface area contributed by atoms with E-state index in [1.807, 2.05) is 128 Å². The fourth-order valence-electron chi connectivity index (χ4n) is 13.9. The number of carbonyl (C=O) groups is 1. The molecule has 0 spiro atoms. The molecule has 0 amide bonds. The quantitative estimate of drug-likeness (QED) is 0.00762. The zero-order valence-electron chi connectivity index (χ0n) is 82.2. The van der Waals surface area contributed by atoms with Gasteiger partial charge in [0, 0.05) is 61.4 Å². The molecule has 4 aliphatic rings. The van der Waals surface area contributed by atoms with Gasteiger partial charge in [-0.2, -0.15) is 13.2 Å². The van der Waals surface area contributed by atoms with E-state index < -0.39 is 155 Å². The van der Waals surface area contributed by atoms with Crippen molar-refractivity contribution in [2.75, 3.05) is 33.0 Å². The van der Waals surface area contributed by atoms with Gasteiger partial charge in [-0.3, -0.25) is 56.9 Å². The van der Waals surface area contributed by atoms with Gasteiger partial charge in [-0.1, -0.05) is 220 Å². The Morgan fingerprint density at radius 3 is 1.12 bits per heavy atom. The summed E-state index contributed by atoms with van der Waals surface area (Å²) in [6.07, 6.45) is 11.5. The van der Waals surface area contributed by atoms with Crippen LogP contribution in [0.5, 0.6) is 0 Å². The normalized spacial score (nSPS) is 22.1. The molecule has 0 aliphatic carbocycles. The van der Waals surface area contributed by atoms with Gasteiger partial charge in [-0.05, 0) is 105 Å². The number of benzene rings is 3. The predicted octanol–water partition coefficient (Wildman–Crippen LogP) is 13.8. The molecule has 7 aromatic rings. The molecule has 11 rings (SSSR count). The second kappa shape index (κ2) is 50.1. The molecule has 4 aliphatic heterocycles. The van der Waals surface area contributed by atoms with Crippen LogP contribution in [0.1, 0.15) is 199 Å². The van der Waals surface area contributed by atoms with Crippen molar-refractivity contribution in [3.8, 4) is 0 Å². The Morgan fingerprint density at radius 1 is 0.468 bits per heavy atom. The fraction of sp³-hybridized carbons (Fsp3) is 0.554. The number of aliphatic hydroxyl groups is 2. The molecule has 4 fully saturated rings. The smallest absolute Gasteiger partial charge is 0.443 e. The first kappa shape index (κ1) is 116. The first-order valence-electron chi connectivity index (χ1n) is 45.5. The summed E-state index contributed by atoms with van der Waals surface area (Å²) in [6, 6.07) is 29.2. The maximum absolute atomic E-state index is 13.2. The topological polar surface area (TPSA) is 527 Å². The van der Waals surface area contributed by atoms with E-state index in [-0.39, 0.29) is 102 Å². The summed E-state index contributed by atoms with van der Waals surface area (Å²) < 4.78 is 117. The van der Waals surface area contributed by atoms with E-state index in [0.29, 0.717) is 48.2 Å². The lowest BCUT2D eigenvalue weighted by Gasteiger charge is -2.39. The lowest BCUT2D eigenvalue weighted by molar-refractivity contribution is -0.0452. The summed E-state index contributed by atoms with van der Waals surface area (Å²) in [7, 11) is -22.9. The molecule has 4 aromatic heterocycles. The number of H-pyrrole nitrogens is 3. The van der Waals surface area contributed by atoms with Crippen molar-refractivity contribution in [2.24, 2.45) is 0 Å². The second-order valence-electron chi connectivity index (χ2n) is 39.2. The first-order chi connectivity index (χ1) is 64.7. The number of alkyl halides is 1. The molecule has 139 heavy (non-hydrogen) atoms. The highest BCUT2D eigenvalue weighted by molar-refractivity contribution is 9.08. The number of hydrogen-bond donors (Lipinski definition) is 9. The molecule has 40 nitrogen and oxygen atoms in total. The number of halogens is 1. The van der Waals surface area contributed by atoms with Gasteiger partial charge in [0.2, 0.25) is 0 Å². The van der Waals surface area contributed by atoms with Crippen LogP contribution in [0.15, 0.2) is 172 Å². The summed E-state index contributed by atoms with van der Waals surface area (Å²) in [5.74, 6) is 0. The molecule has 8 heterocycles. The number of nitrogens with one attached hydrogen (secondary N) is 3. The zero-order chi connectivity index (χ0) is 103. The highest BCUT2D eigenvalue weighted by Gasteiger charge is 2.50. The standard InChI is InChI=1S/C26H38N2O5Si.C25H36N2O6Si.C22H37BrN2O6Si.C19H25N2O15P3/c1-7-21-22(33-34(5,6)26(2,3)4)16-23(32-21)28-17-20(24(29)27-25(28)30)18-31-15-11-14-19-12-9-8-10-13-19;1-25(2,3)34(4,5)33-20-14-22(32-21(20)16-28)27-15-19(23(29)26-24(27)30)17-31-13-9-12-18-10-7-6-8-11-18;1-10-15-16(31-32(8,9)22(5,6)7)11-17(29-15)24-13-14(12-23)18(26)25(19(24)27)20(28)30-21(2,3)4;22-15-9-17(34-16(15)12-33-38(28,29)36-39(30,31)35-37(25,26)27)21-10-14(18(23)20-19(21)24)11-32-8-4-7-13-5-2-1-3-6-13/h8-14,17,21-23H,7,15-16,18H2,1-6H3,(H,27,29,30);6-12,15,20-22,28H,13-14,16-17H2,1-5H3,(H,26,29,30);13,15-17H,10-12H2,1-9H3;1-7,10,15-17,22H,8-9,11-12H2,(H,28,29)(H,30,31)(H,20,23,24)(H2,25,26,27)/b14-11+;12-9+;;7-4+/t21-,22-,23-;20-,21-,22-;2*15-,16-,17-/m1111/s1. The Balaban J connectivity index is 0.000000228. The van der Waals surface area contributed by atoms with Gasteiger partial charge in [0.05, 0.1) is 106 Å². The van der Waals surface area contributed by atoms with Gasteiger partial charge < -0.3 is 81.0 Å². The van der Waals surface area contributed by atoms with Crippen LogP contribution in [-0.4, -0.2) is 186 Å². The van der Waals surface area contributed by atoms with Crippen LogP contribution in [0.4, 0.5) is 4.79 Å². The Kier molecular flexibility index (Phi) is 41.9. The number of ether oxygens (including phenoxy) is 8. The van der Waals surface area contributed by atoms with Crippen molar-refractivity contribution in [3.05, 3.63) is 256 Å². The van der Waals surface area contributed by atoms with Crippen LogP contribution in [0.3, 0.4) is 0 Å². The van der Waals surface area contributed by atoms with E-state index >= 15 is 0 Å². The van der Waals surface area contributed by atoms with Crippen molar-refractivity contribution < 1.29 is 113 Å². The van der Waals surface area contributed by atoms with Crippen molar-refractivity contribution in [2.45, 2.75) is 294 Å². The van der Waals surface area contributed by atoms with E-state index in [1.54, 1.807) is 33.0 Å². The van der Waals surface area contributed by atoms with Crippen molar-refractivity contribution in [1.29, 1.82) is 0 Å². The summed E-state index contributed by atoms with van der Waals surface area (Å²) >= 11 is 3.28. The zero-order valence-corrected chi connectivity index (χ0v) is 89.5. The highest BCUT2D eigenvalue weighted by atomic mass is 79.9. The minimum absolute atomic E-state index is 0.000616. The third-order valence-corrected chi connectivity index (χ3v) is 42.2. The number of carbonyl (C=O) groups excluding carboxylic acids is 1. The number of aromatic amines is 3. The number of nitrogens with zero attached hydrogens (tertiary/aromatic N) is 5. The number of hydrogen-bond acceptors (Lipinski definition) is 28. The first-order valence-corrected chi connectivity index (χ1v) is 59.9. The largest absolute Gasteiger partial charge is 0.490 e. The molecule has 0 radical (unpaired) electrons. The van der Waals surface area contributed by atoms with Crippen molar-refractivity contribution in [3.63, 3.8) is 0 Å². The molecule has 14 atom stereocenters. The number of phosphoric acid groups is 3. The molecular weight excluding hydrogens is 1990 g/mol. The van der Waals surface area contributed by atoms with E-state index in [2.05, 4.69) is 153 Å². The lowest BCUT2D eigenvalue weighted by atomic mass is 10.1. The summed E-state index contributed by atoms with van der Waals surface area (Å²) in [4.78, 5) is 156. The number of aromatic nitrogens is 8. The molecule has 9 N–H and O–H groups in total. The molecule has 47 heteroatoms. The average Bonchev–Trinajstić information content (AvgIpc) is 1.65. The third-order valence-electron chi connectivity index (χ3n) is 24.3. The molecule has 3 aromatic carbocycles. The summed E-state index contributed by atoms with van der Waals surface area (Å²) in [5.41, 5.74) is -1.74. The van der Waals surface area contributed by atoms with Crippen LogP contribution < -0.4 is 45.0 Å². The summed E-state index contributed by atoms with van der Waals surface area (Å²) in [5, 5.41) is 20.4. The average molecular weight is 2120 g/mol. The van der Waals surface area contributed by atoms with Crippen LogP contribution >= 0.6 is 39.4 Å². The number of aliphatic hydroxyl groups excluding tert-OH is 2. The van der Waals surface area contributed by atoms with Crippen LogP contribution in [0.2, 0.25) is 54.4 Å². The van der Waals surface area contributed by atoms with E-state index in [4.69, 9.17) is 61.0 Å². The Labute approximate surface area is 818 Å². The third kappa shape index (κ3) is 34.4. The Morgan fingerprint density at radius 2 is 0.791 bits per heavy atom. The SMILES string of the molecule is CC(C)(C)[Si](C)(C)O[C@@H]1C[C@H](n2cc(COC/C=C/c3ccccc3)c(=O)[nH]c2=O)O[C@@H]1CO.CC[C@H]1O[C@@H](n2cc(CBr)c(=O)n(C(=O)OC(C)(C)C)c2=O)C[C@H]1O[Si](C)(C)C(C)(C)C.CC[C@H]1O[C@@H](n2cc(COC/C=C/c3ccccc3)c(=O)[nH]c2=O)C[C@H]1O[Si](C)(C)C(C)(C)C.O=c1[nH]c(=O)n([C@H]2C[C@@H](O)[C@@H](COP(=O)(O)OP(=O)(O)OP(=O)(O)O)O2)cc1COC/C=C/c1ccccc1. The van der Waals surface area contributed by atoms with Crippen molar-refractivity contribution >= 4 is 88.7 Å². The molecular formula is C92H136BrN8O32P3Si3. The second-order valence-corrected chi connectivity index (χ2v) is 58.5. The predicted molar refractivity (Wildman–Crippen MR) is 532 cm³/mol. The highest BCUT2D eigenvalue weighted by Crippen LogP contribution is 2.66. The van der Waals surface area contributed by atoms with Gasteiger partial charge in [0.1, 0.15) is 42.7 Å². The van der Waals surface area contributed by atoms with E-state index in [9.17, 15) is 76.8 Å².